The fourth-order valence-electron chi connectivity index (χ4n) is 5.63. The van der Waals surface area contributed by atoms with Crippen LogP contribution in [0.5, 0.6) is 0 Å². The average Bonchev–Trinajstić information content (AvgIpc) is 3.17. The monoisotopic (exact) mass is 582 g/mol. The number of nitrogens with zero attached hydrogens (tertiary/aromatic N) is 2. The molecule has 1 saturated carbocycles. The number of fused-ring (bicyclic) bond motifs is 1. The number of benzene rings is 2. The van der Waals surface area contributed by atoms with Crippen molar-refractivity contribution < 1.29 is 26.4 Å². The van der Waals surface area contributed by atoms with Crippen LogP contribution in [0.3, 0.4) is 0 Å². The van der Waals surface area contributed by atoms with Gasteiger partial charge in [0.25, 0.3) is 0 Å². The molecule has 1 aliphatic heterocycles. The Morgan fingerprint density at radius 1 is 1.08 bits per heavy atom. The van der Waals surface area contributed by atoms with Crippen molar-refractivity contribution in [3.05, 3.63) is 53.6 Å². The van der Waals surface area contributed by atoms with Crippen LogP contribution in [0.15, 0.2) is 53.4 Å². The van der Waals surface area contributed by atoms with E-state index in [1.54, 1.807) is 12.1 Å². The number of piperazine rings is 1. The molecule has 1 amide bonds. The van der Waals surface area contributed by atoms with Gasteiger partial charge in [0, 0.05) is 44.0 Å². The first-order chi connectivity index (χ1) is 18.5. The second-order valence-electron chi connectivity index (χ2n) is 10.3. The largest absolute Gasteiger partial charge is 0.405 e. The normalized spacial score (nSPS) is 22.8. The van der Waals surface area contributed by atoms with Gasteiger partial charge in [-0.15, -0.1) is 0 Å². The van der Waals surface area contributed by atoms with Gasteiger partial charge in [0.2, 0.25) is 15.9 Å². The summed E-state index contributed by atoms with van der Waals surface area (Å²) in [5.74, 6) is -0.691. The summed E-state index contributed by atoms with van der Waals surface area (Å²) in [5.41, 5.74) is 2.40. The van der Waals surface area contributed by atoms with E-state index in [4.69, 9.17) is 11.6 Å². The van der Waals surface area contributed by atoms with Crippen molar-refractivity contribution in [2.24, 2.45) is 13.0 Å². The average molecular weight is 583 g/mol. The number of aromatic nitrogens is 1. The highest BCUT2D eigenvalue weighted by Crippen LogP contribution is 2.38. The highest BCUT2D eigenvalue weighted by atomic mass is 35.5. The van der Waals surface area contributed by atoms with Crippen molar-refractivity contribution in [3.63, 3.8) is 0 Å². The number of hydrogen-bond acceptors (Lipinski definition) is 4. The van der Waals surface area contributed by atoms with Crippen molar-refractivity contribution in [1.29, 1.82) is 0 Å². The lowest BCUT2D eigenvalue weighted by Crippen LogP contribution is -2.59. The molecule has 2 aliphatic rings. The van der Waals surface area contributed by atoms with Crippen LogP contribution in [0.2, 0.25) is 5.02 Å². The van der Waals surface area contributed by atoms with Gasteiger partial charge in [-0.25, -0.2) is 13.1 Å². The van der Waals surface area contributed by atoms with Crippen LogP contribution in [-0.4, -0.2) is 61.7 Å². The van der Waals surface area contributed by atoms with Crippen molar-refractivity contribution in [1.82, 2.24) is 19.5 Å². The maximum absolute atomic E-state index is 13.3. The van der Waals surface area contributed by atoms with Crippen molar-refractivity contribution in [3.8, 4) is 11.3 Å². The summed E-state index contributed by atoms with van der Waals surface area (Å²) in [7, 11) is -2.01. The van der Waals surface area contributed by atoms with Crippen molar-refractivity contribution in [2.75, 3.05) is 19.6 Å². The van der Waals surface area contributed by atoms with Gasteiger partial charge in [-0.05, 0) is 49.4 Å². The fourth-order valence-corrected chi connectivity index (χ4v) is 7.35. The van der Waals surface area contributed by atoms with Crippen LogP contribution in [0.4, 0.5) is 13.2 Å². The second-order valence-corrected chi connectivity index (χ2v) is 12.4. The number of hydrogen-bond donors (Lipinski definition) is 2. The fraction of sp³-hybridized carbons (Fsp3) is 0.444. The maximum atomic E-state index is 13.3. The Morgan fingerprint density at radius 2 is 1.77 bits per heavy atom. The minimum absolute atomic E-state index is 0.0919. The molecule has 0 unspecified atom stereocenters. The Bertz CT molecular complexity index is 1470. The molecule has 5 rings (SSSR count). The Hall–Kier alpha value is -2.60. The predicted octanol–water partition coefficient (Wildman–Crippen LogP) is 4.70. The molecular formula is C27H30ClF3N4O3S. The summed E-state index contributed by atoms with van der Waals surface area (Å²) >= 11 is 6.67. The summed E-state index contributed by atoms with van der Waals surface area (Å²) in [6.45, 7) is -0.0727. The number of sulfonamides is 1. The summed E-state index contributed by atoms with van der Waals surface area (Å²) < 4.78 is 70.5. The van der Waals surface area contributed by atoms with Gasteiger partial charge in [-0.1, -0.05) is 41.9 Å². The lowest BCUT2D eigenvalue weighted by atomic mass is 9.85. The Labute approximate surface area is 230 Å². The maximum Gasteiger partial charge on any atom is 0.405 e. The molecule has 2 fully saturated rings. The van der Waals surface area contributed by atoms with Gasteiger partial charge in [0.1, 0.15) is 6.04 Å². The molecule has 39 heavy (non-hydrogen) atoms. The molecule has 0 radical (unpaired) electrons. The van der Waals surface area contributed by atoms with E-state index in [0.29, 0.717) is 36.2 Å². The number of rotatable bonds is 5. The van der Waals surface area contributed by atoms with E-state index < -0.39 is 34.7 Å². The third-order valence-corrected chi connectivity index (χ3v) is 9.65. The van der Waals surface area contributed by atoms with E-state index >= 15 is 0 Å². The standard InChI is InChI=1S/C27H30ClF3N4O3S/c1-34-22-15-20(11-12-21(22)24(28)25(34)17-5-3-2-4-6-17)39(37,38)33-19-9-7-18(8-10-19)26(36)35-14-13-32-23(16-35)27(29,30)31/h2-6,11-12,15,18-19,23,32-33H,7-10,13-14,16H2,1H3/t18?,19?,23-/m0/s1. The van der Waals surface area contributed by atoms with E-state index in [9.17, 15) is 26.4 Å². The summed E-state index contributed by atoms with van der Waals surface area (Å²) in [4.78, 5) is 14.3. The first kappa shape index (κ1) is 27.9. The van der Waals surface area contributed by atoms with Gasteiger partial charge in [0.15, 0.2) is 0 Å². The Kier molecular flexibility index (Phi) is 7.71. The molecule has 0 bridgehead atoms. The number of carbonyl (C=O) groups is 1. The van der Waals surface area contributed by atoms with Crippen LogP contribution < -0.4 is 10.0 Å². The molecular weight excluding hydrogens is 553 g/mol. The zero-order valence-corrected chi connectivity index (χ0v) is 22.9. The number of alkyl halides is 3. The number of nitrogens with one attached hydrogen (secondary N) is 2. The third-order valence-electron chi connectivity index (χ3n) is 7.75. The minimum Gasteiger partial charge on any atom is -0.342 e. The van der Waals surface area contributed by atoms with Crippen LogP contribution in [0.25, 0.3) is 22.2 Å². The van der Waals surface area contributed by atoms with Gasteiger partial charge in [-0.2, -0.15) is 13.2 Å². The lowest BCUT2D eigenvalue weighted by Gasteiger charge is -2.38. The SMILES string of the molecule is Cn1c(-c2ccccc2)c(Cl)c2ccc(S(=O)(=O)NC3CCC(C(=O)N4CCN[C@H](C(F)(F)F)C4)CC3)cc21. The highest BCUT2D eigenvalue weighted by Gasteiger charge is 2.43. The van der Waals surface area contributed by atoms with E-state index in [-0.39, 0.29) is 29.9 Å². The van der Waals surface area contributed by atoms with Crippen LogP contribution in [0, 0.1) is 5.92 Å². The first-order valence-corrected chi connectivity index (χ1v) is 14.8. The molecule has 1 aromatic heterocycles. The molecule has 12 heteroatoms. The van der Waals surface area contributed by atoms with Gasteiger partial charge in [0.05, 0.1) is 21.1 Å². The summed E-state index contributed by atoms with van der Waals surface area (Å²) in [6.07, 6.45) is -2.72. The van der Waals surface area contributed by atoms with Gasteiger partial charge < -0.3 is 14.8 Å². The summed E-state index contributed by atoms with van der Waals surface area (Å²) in [5, 5.41) is 3.71. The van der Waals surface area contributed by atoms with E-state index in [2.05, 4.69) is 10.0 Å². The molecule has 3 aromatic rings. The van der Waals surface area contributed by atoms with E-state index in [1.807, 2.05) is 41.9 Å². The number of amides is 1. The molecule has 7 nitrogen and oxygen atoms in total. The Balaban J connectivity index is 1.25. The molecule has 210 valence electrons. The molecule has 1 atom stereocenters. The second kappa shape index (κ2) is 10.8. The number of aryl methyl sites for hydroxylation is 1. The lowest BCUT2D eigenvalue weighted by molar-refractivity contribution is -0.169. The van der Waals surface area contributed by atoms with E-state index in [0.717, 1.165) is 16.6 Å². The summed E-state index contributed by atoms with van der Waals surface area (Å²) in [6, 6.07) is 12.4. The zero-order valence-electron chi connectivity index (χ0n) is 21.3. The topological polar surface area (TPSA) is 83.4 Å². The zero-order chi connectivity index (χ0) is 27.9. The minimum atomic E-state index is -4.41. The van der Waals surface area contributed by atoms with Crippen molar-refractivity contribution >= 4 is 38.4 Å². The van der Waals surface area contributed by atoms with Gasteiger partial charge in [-0.3, -0.25) is 4.79 Å². The molecule has 1 aliphatic carbocycles. The number of carbonyl (C=O) groups excluding carboxylic acids is 1. The molecule has 1 saturated heterocycles. The first-order valence-electron chi connectivity index (χ1n) is 12.9. The molecule has 0 spiro atoms. The van der Waals surface area contributed by atoms with Crippen LogP contribution >= 0.6 is 11.6 Å². The predicted molar refractivity (Wildman–Crippen MR) is 144 cm³/mol. The highest BCUT2D eigenvalue weighted by molar-refractivity contribution is 7.89. The van der Waals surface area contributed by atoms with Crippen molar-refractivity contribution in [2.45, 2.75) is 48.8 Å². The van der Waals surface area contributed by atoms with E-state index in [1.165, 1.54) is 11.0 Å². The smallest absolute Gasteiger partial charge is 0.342 e. The quantitative estimate of drug-likeness (QED) is 0.457. The molecule has 2 aromatic carbocycles. The molecule has 2 N–H and O–H groups in total. The Morgan fingerprint density at radius 3 is 2.44 bits per heavy atom. The number of halogens is 4. The van der Waals surface area contributed by atoms with Gasteiger partial charge >= 0.3 is 6.18 Å². The third kappa shape index (κ3) is 5.68. The van der Waals surface area contributed by atoms with Crippen LogP contribution in [-0.2, 0) is 21.9 Å². The molecule has 2 heterocycles. The van der Waals surface area contributed by atoms with Crippen LogP contribution in [0.1, 0.15) is 25.7 Å².